The number of carbonyl (C=O) groups excluding carboxylic acids is 1. The van der Waals surface area contributed by atoms with Crippen LogP contribution in [0.1, 0.15) is 59.0 Å². The number of aromatic nitrogens is 1. The van der Waals surface area contributed by atoms with Gasteiger partial charge in [-0.05, 0) is 37.8 Å². The van der Waals surface area contributed by atoms with Gasteiger partial charge in [-0.25, -0.2) is 0 Å². The lowest BCUT2D eigenvalue weighted by Gasteiger charge is -2.26. The van der Waals surface area contributed by atoms with E-state index >= 15 is 0 Å². The van der Waals surface area contributed by atoms with Crippen LogP contribution in [0.25, 0.3) is 0 Å². The molecule has 0 bridgehead atoms. The summed E-state index contributed by atoms with van der Waals surface area (Å²) in [6, 6.07) is 11.2. The van der Waals surface area contributed by atoms with E-state index in [2.05, 4.69) is 22.6 Å². The van der Waals surface area contributed by atoms with Crippen molar-refractivity contribution < 1.29 is 9.32 Å². The Balaban J connectivity index is 1.41. The Bertz CT molecular complexity index is 718. The van der Waals surface area contributed by atoms with Gasteiger partial charge >= 0.3 is 0 Å². The number of hydrogen-bond acceptors (Lipinski definition) is 4. The van der Waals surface area contributed by atoms with E-state index in [9.17, 15) is 4.79 Å². The van der Waals surface area contributed by atoms with Gasteiger partial charge in [0.15, 0.2) is 5.78 Å². The van der Waals surface area contributed by atoms with Crippen molar-refractivity contribution in [3.05, 3.63) is 52.9 Å². The molecule has 0 radical (unpaired) electrons. The summed E-state index contributed by atoms with van der Waals surface area (Å²) in [5.74, 6) is 1.41. The van der Waals surface area contributed by atoms with E-state index < -0.39 is 0 Å². The second-order valence-electron chi connectivity index (χ2n) is 6.90. The summed E-state index contributed by atoms with van der Waals surface area (Å²) in [5, 5.41) is 7.63. The lowest BCUT2D eigenvalue weighted by atomic mass is 9.93. The minimum absolute atomic E-state index is 0.101. The quantitative estimate of drug-likeness (QED) is 0.831. The average molecular weight is 310 g/mol. The highest BCUT2D eigenvalue weighted by atomic mass is 16.5. The SMILES string of the molecule is Cc1cc(CC(=O)c2cccc(C3CC3NC3CCC3)c2)no1. The summed E-state index contributed by atoms with van der Waals surface area (Å²) < 4.78 is 5.03. The zero-order valence-corrected chi connectivity index (χ0v) is 13.4. The molecular formula is C19H22N2O2. The Morgan fingerprint density at radius 3 is 2.91 bits per heavy atom. The van der Waals surface area contributed by atoms with Crippen LogP contribution >= 0.6 is 0 Å². The molecule has 4 nitrogen and oxygen atoms in total. The fraction of sp³-hybridized carbons (Fsp3) is 0.474. The third-order valence-corrected chi connectivity index (χ3v) is 5.00. The van der Waals surface area contributed by atoms with Crippen LogP contribution in [-0.4, -0.2) is 23.0 Å². The minimum Gasteiger partial charge on any atom is -0.361 e. The highest BCUT2D eigenvalue weighted by Gasteiger charge is 2.40. The van der Waals surface area contributed by atoms with Crippen molar-refractivity contribution in [2.24, 2.45) is 0 Å². The van der Waals surface area contributed by atoms with Gasteiger partial charge in [0, 0.05) is 29.6 Å². The first-order valence-corrected chi connectivity index (χ1v) is 8.50. The van der Waals surface area contributed by atoms with Gasteiger partial charge in [-0.1, -0.05) is 29.8 Å². The van der Waals surface area contributed by atoms with Crippen LogP contribution in [0.4, 0.5) is 0 Å². The summed E-state index contributed by atoms with van der Waals surface area (Å²) in [7, 11) is 0. The van der Waals surface area contributed by atoms with Crippen LogP contribution in [0.15, 0.2) is 34.9 Å². The molecular weight excluding hydrogens is 288 g/mol. The molecule has 120 valence electrons. The van der Waals surface area contributed by atoms with Gasteiger partial charge in [0.25, 0.3) is 0 Å². The van der Waals surface area contributed by atoms with E-state index in [0.717, 1.165) is 17.4 Å². The number of hydrogen-bond donors (Lipinski definition) is 1. The van der Waals surface area contributed by atoms with Crippen molar-refractivity contribution >= 4 is 5.78 Å². The molecule has 4 rings (SSSR count). The Kier molecular flexibility index (Phi) is 3.77. The standard InChI is InChI=1S/C19H22N2O2/c1-12-8-16(21-23-12)10-19(22)14-5-2-4-13(9-14)17-11-18(17)20-15-6-3-7-15/h2,4-5,8-9,15,17-18,20H,3,6-7,10-11H2,1H3. The second-order valence-corrected chi connectivity index (χ2v) is 6.90. The third-order valence-electron chi connectivity index (χ3n) is 5.00. The maximum atomic E-state index is 12.4. The van der Waals surface area contributed by atoms with Gasteiger partial charge in [-0.15, -0.1) is 0 Å². The molecule has 1 aromatic heterocycles. The van der Waals surface area contributed by atoms with Crippen molar-refractivity contribution in [1.29, 1.82) is 0 Å². The Morgan fingerprint density at radius 2 is 2.22 bits per heavy atom. The molecule has 0 amide bonds. The normalized spacial score (nSPS) is 23.5. The molecule has 2 saturated carbocycles. The predicted octanol–water partition coefficient (Wildman–Crippen LogP) is 3.41. The number of benzene rings is 1. The van der Waals surface area contributed by atoms with E-state index in [4.69, 9.17) is 4.52 Å². The Labute approximate surface area is 136 Å². The van der Waals surface area contributed by atoms with Gasteiger partial charge in [0.1, 0.15) is 5.76 Å². The summed E-state index contributed by atoms with van der Waals surface area (Å²) in [6.07, 6.45) is 5.49. The van der Waals surface area contributed by atoms with E-state index in [-0.39, 0.29) is 5.78 Å². The minimum atomic E-state index is 0.101. The van der Waals surface area contributed by atoms with Crippen LogP contribution in [-0.2, 0) is 6.42 Å². The molecule has 0 saturated heterocycles. The number of nitrogens with zero attached hydrogens (tertiary/aromatic N) is 1. The lowest BCUT2D eigenvalue weighted by molar-refractivity contribution is 0.0990. The van der Waals surface area contributed by atoms with Crippen LogP contribution in [0.2, 0.25) is 0 Å². The Morgan fingerprint density at radius 1 is 1.35 bits per heavy atom. The maximum Gasteiger partial charge on any atom is 0.168 e. The van der Waals surface area contributed by atoms with Gasteiger partial charge in [0.05, 0.1) is 12.1 Å². The fourth-order valence-corrected chi connectivity index (χ4v) is 3.34. The zero-order chi connectivity index (χ0) is 15.8. The number of nitrogens with one attached hydrogen (secondary N) is 1. The fourth-order valence-electron chi connectivity index (χ4n) is 3.34. The molecule has 2 unspecified atom stereocenters. The number of ketones is 1. The first-order chi connectivity index (χ1) is 11.2. The molecule has 1 heterocycles. The monoisotopic (exact) mass is 310 g/mol. The van der Waals surface area contributed by atoms with E-state index in [1.54, 1.807) is 0 Å². The molecule has 2 aromatic rings. The molecule has 2 aliphatic rings. The van der Waals surface area contributed by atoms with Crippen molar-refractivity contribution in [3.63, 3.8) is 0 Å². The topological polar surface area (TPSA) is 55.1 Å². The predicted molar refractivity (Wildman–Crippen MR) is 87.6 cm³/mol. The average Bonchev–Trinajstić information content (AvgIpc) is 3.17. The summed E-state index contributed by atoms with van der Waals surface area (Å²) in [5.41, 5.74) is 2.76. The number of aryl methyl sites for hydroxylation is 1. The number of Topliss-reactive ketones (excluding diaryl/α,β-unsaturated/α-hetero) is 1. The van der Waals surface area contributed by atoms with E-state index in [1.165, 1.54) is 31.2 Å². The molecule has 0 aliphatic heterocycles. The van der Waals surface area contributed by atoms with Gasteiger partial charge in [-0.2, -0.15) is 0 Å². The number of carbonyl (C=O) groups is 1. The van der Waals surface area contributed by atoms with Crippen molar-refractivity contribution in [3.8, 4) is 0 Å². The smallest absolute Gasteiger partial charge is 0.168 e. The van der Waals surface area contributed by atoms with Gasteiger partial charge in [-0.3, -0.25) is 4.79 Å². The Hall–Kier alpha value is -1.94. The van der Waals surface area contributed by atoms with Gasteiger partial charge < -0.3 is 9.84 Å². The molecule has 0 spiro atoms. The van der Waals surface area contributed by atoms with Crippen LogP contribution in [0.3, 0.4) is 0 Å². The van der Waals surface area contributed by atoms with Crippen molar-refractivity contribution in [2.45, 2.75) is 57.0 Å². The van der Waals surface area contributed by atoms with E-state index in [0.29, 0.717) is 24.1 Å². The summed E-state index contributed by atoms with van der Waals surface area (Å²) >= 11 is 0. The molecule has 2 aliphatic carbocycles. The summed E-state index contributed by atoms with van der Waals surface area (Å²) in [4.78, 5) is 12.4. The first-order valence-electron chi connectivity index (χ1n) is 8.50. The third kappa shape index (κ3) is 3.22. The highest BCUT2D eigenvalue weighted by molar-refractivity contribution is 5.97. The summed E-state index contributed by atoms with van der Waals surface area (Å²) in [6.45, 7) is 1.84. The van der Waals surface area contributed by atoms with Crippen LogP contribution in [0.5, 0.6) is 0 Å². The van der Waals surface area contributed by atoms with Crippen LogP contribution < -0.4 is 5.32 Å². The van der Waals surface area contributed by atoms with Crippen molar-refractivity contribution in [1.82, 2.24) is 10.5 Å². The zero-order valence-electron chi connectivity index (χ0n) is 13.4. The highest BCUT2D eigenvalue weighted by Crippen LogP contribution is 2.42. The molecule has 2 atom stereocenters. The molecule has 2 fully saturated rings. The largest absolute Gasteiger partial charge is 0.361 e. The number of rotatable bonds is 6. The lowest BCUT2D eigenvalue weighted by Crippen LogP contribution is -2.37. The first kappa shape index (κ1) is 14.6. The second kappa shape index (κ2) is 5.93. The van der Waals surface area contributed by atoms with Gasteiger partial charge in [0.2, 0.25) is 0 Å². The molecule has 4 heteroatoms. The molecule has 1 aromatic carbocycles. The molecule has 1 N–H and O–H groups in total. The van der Waals surface area contributed by atoms with E-state index in [1.807, 2.05) is 25.1 Å². The van der Waals surface area contributed by atoms with Crippen LogP contribution in [0, 0.1) is 6.92 Å². The molecule has 23 heavy (non-hydrogen) atoms. The van der Waals surface area contributed by atoms with Crippen molar-refractivity contribution in [2.75, 3.05) is 0 Å². The maximum absolute atomic E-state index is 12.4.